The van der Waals surface area contributed by atoms with Crippen LogP contribution in [0.1, 0.15) is 11.6 Å². The minimum Gasteiger partial charge on any atom is -0.506 e. The molecule has 0 aliphatic heterocycles. The summed E-state index contributed by atoms with van der Waals surface area (Å²) in [6.45, 7) is -0.163. The number of phenols is 1. The Morgan fingerprint density at radius 2 is 1.93 bits per heavy atom. The molecular formula is C8H10ClI2NO2. The van der Waals surface area contributed by atoms with Gasteiger partial charge in [-0.25, -0.2) is 0 Å². The lowest BCUT2D eigenvalue weighted by Crippen LogP contribution is -2.15. The maximum Gasteiger partial charge on any atom is 0.133 e. The van der Waals surface area contributed by atoms with Crippen molar-refractivity contribution in [3.05, 3.63) is 24.8 Å². The third kappa shape index (κ3) is 3.37. The lowest BCUT2D eigenvalue weighted by Gasteiger charge is -2.12. The van der Waals surface area contributed by atoms with E-state index in [1.807, 2.05) is 28.7 Å². The summed E-state index contributed by atoms with van der Waals surface area (Å²) in [5.41, 5.74) is 6.21. The molecule has 1 rings (SSSR count). The van der Waals surface area contributed by atoms with Gasteiger partial charge in [0.05, 0.1) is 16.2 Å². The molecule has 0 spiro atoms. The van der Waals surface area contributed by atoms with Gasteiger partial charge in [0.2, 0.25) is 0 Å². The molecule has 0 aliphatic carbocycles. The highest BCUT2D eigenvalue weighted by atomic mass is 127. The summed E-state index contributed by atoms with van der Waals surface area (Å²) in [6, 6.07) is 3.12. The van der Waals surface area contributed by atoms with E-state index in [0.717, 1.165) is 7.14 Å². The van der Waals surface area contributed by atoms with Crippen molar-refractivity contribution in [2.45, 2.75) is 6.04 Å². The van der Waals surface area contributed by atoms with Gasteiger partial charge in [0, 0.05) is 9.13 Å². The smallest absolute Gasteiger partial charge is 0.133 e. The van der Waals surface area contributed by atoms with E-state index in [-0.39, 0.29) is 24.8 Å². The van der Waals surface area contributed by atoms with E-state index in [9.17, 15) is 5.11 Å². The molecule has 0 radical (unpaired) electrons. The maximum absolute atomic E-state index is 9.62. The average Bonchev–Trinajstić information content (AvgIpc) is 2.10. The quantitative estimate of drug-likeness (QED) is 0.616. The molecule has 1 aromatic rings. The first-order chi connectivity index (χ1) is 6.06. The van der Waals surface area contributed by atoms with Gasteiger partial charge >= 0.3 is 0 Å². The predicted molar refractivity (Wildman–Crippen MR) is 74.8 cm³/mol. The molecule has 80 valence electrons. The minimum absolute atomic E-state index is 0. The summed E-state index contributed by atoms with van der Waals surface area (Å²) in [6.07, 6.45) is 0. The van der Waals surface area contributed by atoms with E-state index in [1.54, 1.807) is 6.07 Å². The van der Waals surface area contributed by atoms with Crippen LogP contribution >= 0.6 is 57.6 Å². The van der Waals surface area contributed by atoms with Crippen LogP contribution in [0.5, 0.6) is 5.75 Å². The molecule has 0 saturated heterocycles. The lowest BCUT2D eigenvalue weighted by molar-refractivity contribution is 0.265. The first-order valence-corrected chi connectivity index (χ1v) is 5.76. The number of rotatable bonds is 2. The molecule has 6 heteroatoms. The molecule has 0 saturated carbocycles. The van der Waals surface area contributed by atoms with Gasteiger partial charge in [0.1, 0.15) is 5.75 Å². The van der Waals surface area contributed by atoms with Crippen molar-refractivity contribution in [3.63, 3.8) is 0 Å². The number of aliphatic hydroxyl groups excluding tert-OH is 1. The number of phenolic OH excluding ortho intramolecular Hbond substituents is 1. The van der Waals surface area contributed by atoms with E-state index in [1.165, 1.54) is 0 Å². The number of aliphatic hydroxyl groups is 1. The zero-order valence-electron chi connectivity index (χ0n) is 7.08. The molecule has 1 aromatic carbocycles. The van der Waals surface area contributed by atoms with Crippen molar-refractivity contribution in [1.82, 2.24) is 0 Å². The maximum atomic E-state index is 9.62. The highest BCUT2D eigenvalue weighted by Crippen LogP contribution is 2.30. The molecule has 3 nitrogen and oxygen atoms in total. The van der Waals surface area contributed by atoms with Crippen molar-refractivity contribution >= 4 is 57.6 Å². The second kappa shape index (κ2) is 6.31. The van der Waals surface area contributed by atoms with Gasteiger partial charge in [0.15, 0.2) is 0 Å². The van der Waals surface area contributed by atoms with Crippen molar-refractivity contribution in [2.75, 3.05) is 6.61 Å². The molecule has 0 fully saturated rings. The molecule has 14 heavy (non-hydrogen) atoms. The summed E-state index contributed by atoms with van der Waals surface area (Å²) < 4.78 is 1.75. The molecular weight excluding hydrogens is 431 g/mol. The minimum atomic E-state index is -0.511. The SMILES string of the molecule is Cl.N[C@H](CO)c1cc(I)cc(I)c1O. The molecule has 1 atom stereocenters. The summed E-state index contributed by atoms with van der Waals surface area (Å²) in [7, 11) is 0. The Bertz CT molecular complexity index is 322. The Kier molecular flexibility index (Phi) is 6.62. The first-order valence-electron chi connectivity index (χ1n) is 3.60. The lowest BCUT2D eigenvalue weighted by atomic mass is 10.1. The van der Waals surface area contributed by atoms with E-state index >= 15 is 0 Å². The second-order valence-electron chi connectivity index (χ2n) is 2.61. The monoisotopic (exact) mass is 441 g/mol. The van der Waals surface area contributed by atoms with E-state index in [0.29, 0.717) is 5.56 Å². The Morgan fingerprint density at radius 3 is 2.43 bits per heavy atom. The molecule has 0 unspecified atom stereocenters. The van der Waals surface area contributed by atoms with Crippen LogP contribution in [-0.2, 0) is 0 Å². The van der Waals surface area contributed by atoms with Crippen LogP contribution in [0.2, 0.25) is 0 Å². The van der Waals surface area contributed by atoms with Gasteiger partial charge in [-0.05, 0) is 57.3 Å². The van der Waals surface area contributed by atoms with Gasteiger partial charge in [-0.1, -0.05) is 0 Å². The van der Waals surface area contributed by atoms with Crippen molar-refractivity contribution in [2.24, 2.45) is 5.73 Å². The van der Waals surface area contributed by atoms with Crippen LogP contribution in [-0.4, -0.2) is 16.8 Å². The number of aromatic hydroxyl groups is 1. The standard InChI is InChI=1S/C8H9I2NO2.ClH/c9-4-1-5(7(11)3-12)8(13)6(10)2-4;/h1-2,7,12-13H,3,11H2;1H/t7-;/m1./s1. The number of benzene rings is 1. The zero-order valence-corrected chi connectivity index (χ0v) is 12.2. The van der Waals surface area contributed by atoms with Gasteiger partial charge in [0.25, 0.3) is 0 Å². The Balaban J connectivity index is 0.00000169. The highest BCUT2D eigenvalue weighted by molar-refractivity contribution is 14.1. The van der Waals surface area contributed by atoms with Crippen molar-refractivity contribution < 1.29 is 10.2 Å². The van der Waals surface area contributed by atoms with E-state index in [4.69, 9.17) is 10.8 Å². The summed E-state index contributed by atoms with van der Waals surface area (Å²) in [5.74, 6) is 0.169. The first kappa shape index (κ1) is 14.7. The summed E-state index contributed by atoms with van der Waals surface area (Å²) in [4.78, 5) is 0. The Hall–Kier alpha value is 0.690. The van der Waals surface area contributed by atoms with Crippen LogP contribution < -0.4 is 5.73 Å². The number of nitrogens with two attached hydrogens (primary N) is 1. The molecule has 0 amide bonds. The number of hydrogen-bond donors (Lipinski definition) is 3. The van der Waals surface area contributed by atoms with Crippen LogP contribution in [0, 0.1) is 7.14 Å². The number of halogens is 3. The average molecular weight is 441 g/mol. The van der Waals surface area contributed by atoms with Crippen molar-refractivity contribution in [3.8, 4) is 5.75 Å². The number of hydrogen-bond acceptors (Lipinski definition) is 3. The fourth-order valence-corrected chi connectivity index (χ4v) is 2.86. The largest absolute Gasteiger partial charge is 0.506 e. The van der Waals surface area contributed by atoms with Gasteiger partial charge in [-0.2, -0.15) is 0 Å². The summed E-state index contributed by atoms with van der Waals surface area (Å²) >= 11 is 4.18. The Morgan fingerprint density at radius 1 is 1.36 bits per heavy atom. The van der Waals surface area contributed by atoms with Gasteiger partial charge in [-0.15, -0.1) is 12.4 Å². The third-order valence-corrected chi connectivity index (χ3v) is 3.10. The van der Waals surface area contributed by atoms with Gasteiger partial charge < -0.3 is 15.9 Å². The van der Waals surface area contributed by atoms with Crippen LogP contribution in [0.15, 0.2) is 12.1 Å². The van der Waals surface area contributed by atoms with Crippen LogP contribution in [0.4, 0.5) is 0 Å². The Labute approximate surface area is 116 Å². The molecule has 0 bridgehead atoms. The third-order valence-electron chi connectivity index (χ3n) is 1.65. The molecule has 4 N–H and O–H groups in total. The summed E-state index contributed by atoms with van der Waals surface area (Å²) in [5, 5.41) is 18.5. The van der Waals surface area contributed by atoms with Crippen LogP contribution in [0.25, 0.3) is 0 Å². The topological polar surface area (TPSA) is 66.5 Å². The van der Waals surface area contributed by atoms with E-state index < -0.39 is 6.04 Å². The fraction of sp³-hybridized carbons (Fsp3) is 0.250. The normalized spacial score (nSPS) is 12.0. The molecule has 0 aliphatic rings. The van der Waals surface area contributed by atoms with Crippen molar-refractivity contribution in [1.29, 1.82) is 0 Å². The van der Waals surface area contributed by atoms with Crippen LogP contribution in [0.3, 0.4) is 0 Å². The molecule has 0 aromatic heterocycles. The molecule has 0 heterocycles. The highest BCUT2D eigenvalue weighted by Gasteiger charge is 2.13. The predicted octanol–water partition coefficient (Wildman–Crippen LogP) is 2.02. The second-order valence-corrected chi connectivity index (χ2v) is 5.02. The zero-order chi connectivity index (χ0) is 10.0. The van der Waals surface area contributed by atoms with Gasteiger partial charge in [-0.3, -0.25) is 0 Å². The van der Waals surface area contributed by atoms with E-state index in [2.05, 4.69) is 22.6 Å². The fourth-order valence-electron chi connectivity index (χ4n) is 0.967.